The number of aromatic nitrogens is 6. The van der Waals surface area contributed by atoms with Gasteiger partial charge in [-0.1, -0.05) is 19.1 Å². The molecule has 1 aromatic carbocycles. The Morgan fingerprint density at radius 1 is 0.892 bits per heavy atom. The maximum absolute atomic E-state index is 5.65. The summed E-state index contributed by atoms with van der Waals surface area (Å²) < 4.78 is 15.4. The van der Waals surface area contributed by atoms with E-state index in [4.69, 9.17) is 29.4 Å². The van der Waals surface area contributed by atoms with Crippen LogP contribution in [-0.2, 0) is 29.5 Å². The van der Waals surface area contributed by atoms with Crippen LogP contribution in [0.15, 0.2) is 24.3 Å². The van der Waals surface area contributed by atoms with E-state index >= 15 is 0 Å². The van der Waals surface area contributed by atoms with E-state index in [2.05, 4.69) is 39.0 Å². The van der Waals surface area contributed by atoms with E-state index in [9.17, 15) is 0 Å². The Hall–Kier alpha value is -3.08. The molecule has 0 saturated carbocycles. The van der Waals surface area contributed by atoms with Gasteiger partial charge in [-0.15, -0.1) is 0 Å². The predicted molar refractivity (Wildman–Crippen MR) is 141 cm³/mol. The first-order valence-electron chi connectivity index (χ1n) is 13.5. The zero-order valence-corrected chi connectivity index (χ0v) is 21.7. The monoisotopic (exact) mass is 502 g/mol. The fourth-order valence-electron chi connectivity index (χ4n) is 5.92. The van der Waals surface area contributed by atoms with Crippen molar-refractivity contribution in [3.63, 3.8) is 0 Å². The Morgan fingerprint density at radius 2 is 1.68 bits per heavy atom. The van der Waals surface area contributed by atoms with Gasteiger partial charge in [0.15, 0.2) is 17.0 Å². The van der Waals surface area contributed by atoms with Gasteiger partial charge in [0.2, 0.25) is 5.95 Å². The van der Waals surface area contributed by atoms with Crippen molar-refractivity contribution < 1.29 is 9.47 Å². The largest absolute Gasteiger partial charge is 0.380 e. The number of fused-ring (bicyclic) bond motifs is 2. The van der Waals surface area contributed by atoms with Gasteiger partial charge in [0.25, 0.3) is 0 Å². The zero-order chi connectivity index (χ0) is 25.0. The van der Waals surface area contributed by atoms with E-state index < -0.39 is 0 Å². The van der Waals surface area contributed by atoms with Crippen LogP contribution < -0.4 is 4.90 Å². The SMILES string of the molecule is CCc1nc2ccccc2n1-c1nc(N2CCOCC2)c2nc(CN3CCC4(CC3)COC4)n(C)c2n1. The molecule has 3 aliphatic rings. The summed E-state index contributed by atoms with van der Waals surface area (Å²) in [6.45, 7) is 9.92. The minimum Gasteiger partial charge on any atom is -0.380 e. The molecule has 4 aromatic rings. The second kappa shape index (κ2) is 9.04. The first-order valence-corrected chi connectivity index (χ1v) is 13.5. The maximum Gasteiger partial charge on any atom is 0.239 e. The smallest absolute Gasteiger partial charge is 0.239 e. The van der Waals surface area contributed by atoms with E-state index in [1.807, 2.05) is 18.2 Å². The minimum absolute atomic E-state index is 0.428. The molecular weight excluding hydrogens is 468 g/mol. The Labute approximate surface area is 216 Å². The summed E-state index contributed by atoms with van der Waals surface area (Å²) in [4.78, 5) is 25.1. The van der Waals surface area contributed by atoms with Gasteiger partial charge < -0.3 is 18.9 Å². The third-order valence-corrected chi connectivity index (χ3v) is 8.34. The summed E-state index contributed by atoms with van der Waals surface area (Å²) in [7, 11) is 2.09. The molecule has 6 heterocycles. The number of likely N-dealkylation sites (tertiary alicyclic amines) is 1. The second-order valence-electron chi connectivity index (χ2n) is 10.7. The van der Waals surface area contributed by atoms with Crippen LogP contribution in [0.2, 0.25) is 0 Å². The number of anilines is 1. The molecule has 0 bridgehead atoms. The van der Waals surface area contributed by atoms with E-state index in [1.165, 1.54) is 12.8 Å². The summed E-state index contributed by atoms with van der Waals surface area (Å²) >= 11 is 0. The number of para-hydroxylation sites is 2. The van der Waals surface area contributed by atoms with Crippen molar-refractivity contribution >= 4 is 28.0 Å². The molecular formula is C27H34N8O2. The highest BCUT2D eigenvalue weighted by atomic mass is 16.5. The lowest BCUT2D eigenvalue weighted by Gasteiger charge is -2.47. The molecule has 3 aliphatic heterocycles. The summed E-state index contributed by atoms with van der Waals surface area (Å²) in [5.41, 5.74) is 4.14. The summed E-state index contributed by atoms with van der Waals surface area (Å²) in [5.74, 6) is 3.52. The van der Waals surface area contributed by atoms with E-state index in [0.717, 1.165) is 92.0 Å². The summed E-state index contributed by atoms with van der Waals surface area (Å²) in [6.07, 6.45) is 3.20. The number of nitrogens with zero attached hydrogens (tertiary/aromatic N) is 8. The van der Waals surface area contributed by atoms with Gasteiger partial charge in [-0.25, -0.2) is 9.97 Å². The summed E-state index contributed by atoms with van der Waals surface area (Å²) in [5, 5.41) is 0. The highest BCUT2D eigenvalue weighted by molar-refractivity contribution is 5.86. The number of morpholine rings is 1. The van der Waals surface area contributed by atoms with Crippen molar-refractivity contribution in [3.05, 3.63) is 35.9 Å². The van der Waals surface area contributed by atoms with Crippen molar-refractivity contribution in [3.8, 4) is 5.95 Å². The van der Waals surface area contributed by atoms with E-state index in [1.54, 1.807) is 0 Å². The fourth-order valence-corrected chi connectivity index (χ4v) is 5.92. The highest BCUT2D eigenvalue weighted by Gasteiger charge is 2.41. The van der Waals surface area contributed by atoms with Gasteiger partial charge in [-0.3, -0.25) is 9.47 Å². The molecule has 0 N–H and O–H groups in total. The third-order valence-electron chi connectivity index (χ3n) is 8.34. The number of rotatable bonds is 5. The van der Waals surface area contributed by atoms with Crippen molar-refractivity contribution in [2.45, 2.75) is 32.7 Å². The topological polar surface area (TPSA) is 86.4 Å². The van der Waals surface area contributed by atoms with Crippen molar-refractivity contribution in [1.82, 2.24) is 34.0 Å². The van der Waals surface area contributed by atoms with Crippen LogP contribution in [0.3, 0.4) is 0 Å². The van der Waals surface area contributed by atoms with Crippen LogP contribution >= 0.6 is 0 Å². The van der Waals surface area contributed by atoms with Crippen molar-refractivity contribution in [2.75, 3.05) is 57.5 Å². The first kappa shape index (κ1) is 23.1. The van der Waals surface area contributed by atoms with Crippen molar-refractivity contribution in [2.24, 2.45) is 12.5 Å². The molecule has 10 nitrogen and oxygen atoms in total. The minimum atomic E-state index is 0.428. The van der Waals surface area contributed by atoms with Crippen LogP contribution in [0, 0.1) is 5.41 Å². The molecule has 0 aliphatic carbocycles. The third kappa shape index (κ3) is 3.89. The molecule has 0 amide bonds. The van der Waals surface area contributed by atoms with Gasteiger partial charge in [0.05, 0.1) is 44.0 Å². The average Bonchev–Trinajstić information content (AvgIpc) is 3.45. The molecule has 1 spiro atoms. The molecule has 7 rings (SSSR count). The number of ether oxygens (including phenoxy) is 2. The molecule has 0 unspecified atom stereocenters. The summed E-state index contributed by atoms with van der Waals surface area (Å²) in [6, 6.07) is 8.21. The molecule has 37 heavy (non-hydrogen) atoms. The Bertz CT molecular complexity index is 1440. The lowest BCUT2D eigenvalue weighted by Crippen LogP contribution is -2.50. The van der Waals surface area contributed by atoms with Gasteiger partial charge >= 0.3 is 0 Å². The number of hydrogen-bond acceptors (Lipinski definition) is 8. The Kier molecular flexibility index (Phi) is 5.63. The molecule has 0 atom stereocenters. The van der Waals surface area contributed by atoms with Crippen LogP contribution in [0.4, 0.5) is 5.82 Å². The van der Waals surface area contributed by atoms with Crippen LogP contribution in [0.25, 0.3) is 28.1 Å². The molecule has 3 saturated heterocycles. The standard InChI is InChI=1S/C27H34N8O2/c1-3-21-28-19-6-4-5-7-20(19)35(21)26-30-24-23(25(31-26)34-12-14-36-15-13-34)29-22(32(24)2)16-33-10-8-27(9-11-33)17-37-18-27/h4-7H,3,8-18H2,1-2H3. The quantitative estimate of drug-likeness (QED) is 0.412. The lowest BCUT2D eigenvalue weighted by atomic mass is 9.77. The van der Waals surface area contributed by atoms with Gasteiger partial charge in [0, 0.05) is 32.0 Å². The van der Waals surface area contributed by atoms with Gasteiger partial charge in [0.1, 0.15) is 11.6 Å². The number of aryl methyl sites for hydroxylation is 2. The second-order valence-corrected chi connectivity index (χ2v) is 10.7. The fraction of sp³-hybridized carbons (Fsp3) is 0.556. The normalized spacial score (nSPS) is 20.2. The Balaban J connectivity index is 1.32. The highest BCUT2D eigenvalue weighted by Crippen LogP contribution is 2.38. The number of hydrogen-bond donors (Lipinski definition) is 0. The first-order chi connectivity index (χ1) is 18.1. The van der Waals surface area contributed by atoms with Crippen LogP contribution in [0.5, 0.6) is 0 Å². The Morgan fingerprint density at radius 3 is 2.41 bits per heavy atom. The van der Waals surface area contributed by atoms with E-state index in [0.29, 0.717) is 24.6 Å². The van der Waals surface area contributed by atoms with Gasteiger partial charge in [-0.05, 0) is 38.1 Å². The van der Waals surface area contributed by atoms with Crippen LogP contribution in [0.1, 0.15) is 31.4 Å². The molecule has 3 fully saturated rings. The predicted octanol–water partition coefficient (Wildman–Crippen LogP) is 2.71. The molecule has 10 heteroatoms. The maximum atomic E-state index is 5.65. The van der Waals surface area contributed by atoms with Crippen LogP contribution in [-0.4, -0.2) is 86.6 Å². The zero-order valence-electron chi connectivity index (χ0n) is 21.7. The van der Waals surface area contributed by atoms with E-state index in [-0.39, 0.29) is 0 Å². The molecule has 194 valence electrons. The molecule has 0 radical (unpaired) electrons. The molecule has 3 aromatic heterocycles. The number of imidazole rings is 2. The lowest BCUT2D eigenvalue weighted by molar-refractivity contribution is -0.140. The average molecular weight is 503 g/mol. The van der Waals surface area contributed by atoms with Crippen molar-refractivity contribution in [1.29, 1.82) is 0 Å². The van der Waals surface area contributed by atoms with Gasteiger partial charge in [-0.2, -0.15) is 9.97 Å². The number of piperidine rings is 1. The number of benzene rings is 1.